The molecule has 0 spiro atoms. The van der Waals surface area contributed by atoms with Crippen LogP contribution in [0, 0.1) is 6.92 Å². The molecule has 21 heavy (non-hydrogen) atoms. The van der Waals surface area contributed by atoms with Crippen LogP contribution in [0.15, 0.2) is 42.5 Å². The third kappa shape index (κ3) is 4.14. The van der Waals surface area contributed by atoms with E-state index in [4.69, 9.17) is 9.47 Å². The Morgan fingerprint density at radius 3 is 1.90 bits per heavy atom. The van der Waals surface area contributed by atoms with E-state index in [0.29, 0.717) is 17.2 Å². The van der Waals surface area contributed by atoms with Gasteiger partial charge >= 0.3 is 6.03 Å². The second kappa shape index (κ2) is 6.65. The lowest BCUT2D eigenvalue weighted by atomic mass is 10.2. The predicted molar refractivity (Wildman–Crippen MR) is 83.4 cm³/mol. The number of urea groups is 1. The molecule has 5 heteroatoms. The van der Waals surface area contributed by atoms with Crippen molar-refractivity contribution in [2.75, 3.05) is 24.9 Å². The summed E-state index contributed by atoms with van der Waals surface area (Å²) >= 11 is 0. The van der Waals surface area contributed by atoms with Crippen LogP contribution in [-0.2, 0) is 0 Å². The maximum Gasteiger partial charge on any atom is 0.323 e. The van der Waals surface area contributed by atoms with Crippen LogP contribution in [0.25, 0.3) is 0 Å². The highest BCUT2D eigenvalue weighted by atomic mass is 16.5. The number of hydrogen-bond acceptors (Lipinski definition) is 3. The van der Waals surface area contributed by atoms with Crippen molar-refractivity contribution in [2.24, 2.45) is 0 Å². The van der Waals surface area contributed by atoms with Crippen LogP contribution < -0.4 is 20.1 Å². The highest BCUT2D eigenvalue weighted by Gasteiger charge is 2.06. The summed E-state index contributed by atoms with van der Waals surface area (Å²) in [5.41, 5.74) is 2.46. The fraction of sp³-hybridized carbons (Fsp3) is 0.188. The molecule has 0 bridgehead atoms. The minimum Gasteiger partial charge on any atom is -0.497 e. The molecule has 2 aromatic carbocycles. The van der Waals surface area contributed by atoms with E-state index in [2.05, 4.69) is 10.6 Å². The SMILES string of the molecule is COc1cc(NC(=O)Nc2ccc(C)cc2)cc(OC)c1. The number of hydrogen-bond donors (Lipinski definition) is 2. The first-order chi connectivity index (χ1) is 10.1. The maximum absolute atomic E-state index is 12.0. The lowest BCUT2D eigenvalue weighted by Crippen LogP contribution is -2.19. The van der Waals surface area contributed by atoms with Crippen LogP contribution in [0.1, 0.15) is 5.56 Å². The Morgan fingerprint density at radius 2 is 1.38 bits per heavy atom. The number of aryl methyl sites for hydroxylation is 1. The number of amides is 2. The van der Waals surface area contributed by atoms with Crippen molar-refractivity contribution < 1.29 is 14.3 Å². The fourth-order valence-corrected chi connectivity index (χ4v) is 1.81. The van der Waals surface area contributed by atoms with Crippen LogP contribution in [0.4, 0.5) is 16.2 Å². The second-order valence-corrected chi connectivity index (χ2v) is 4.55. The fourth-order valence-electron chi connectivity index (χ4n) is 1.81. The lowest BCUT2D eigenvalue weighted by molar-refractivity contribution is 0.262. The average molecular weight is 286 g/mol. The van der Waals surface area contributed by atoms with Gasteiger partial charge < -0.3 is 20.1 Å². The summed E-state index contributed by atoms with van der Waals surface area (Å²) in [5.74, 6) is 1.22. The van der Waals surface area contributed by atoms with Crippen LogP contribution in [0.3, 0.4) is 0 Å². The minimum absolute atomic E-state index is 0.325. The highest BCUT2D eigenvalue weighted by Crippen LogP contribution is 2.25. The molecule has 110 valence electrons. The zero-order valence-electron chi connectivity index (χ0n) is 12.3. The van der Waals surface area contributed by atoms with E-state index in [1.165, 1.54) is 0 Å². The first-order valence-corrected chi connectivity index (χ1v) is 6.48. The van der Waals surface area contributed by atoms with Crippen LogP contribution in [0.5, 0.6) is 11.5 Å². The molecule has 2 amide bonds. The number of carbonyl (C=O) groups excluding carboxylic acids is 1. The van der Waals surface area contributed by atoms with E-state index in [1.54, 1.807) is 32.4 Å². The Labute approximate surface area is 123 Å². The Hall–Kier alpha value is -2.69. The molecular weight excluding hydrogens is 268 g/mol. The van der Waals surface area contributed by atoms with Crippen LogP contribution in [-0.4, -0.2) is 20.3 Å². The van der Waals surface area contributed by atoms with Gasteiger partial charge in [0.05, 0.1) is 14.2 Å². The number of benzene rings is 2. The molecule has 0 saturated heterocycles. The summed E-state index contributed by atoms with van der Waals surface area (Å²) in [4.78, 5) is 12.0. The second-order valence-electron chi connectivity index (χ2n) is 4.55. The van der Waals surface area contributed by atoms with Gasteiger partial charge in [-0.3, -0.25) is 0 Å². The zero-order chi connectivity index (χ0) is 15.2. The quantitative estimate of drug-likeness (QED) is 0.901. The summed E-state index contributed by atoms with van der Waals surface area (Å²) in [7, 11) is 3.12. The van der Waals surface area contributed by atoms with E-state index in [-0.39, 0.29) is 6.03 Å². The number of ether oxygens (including phenoxy) is 2. The smallest absolute Gasteiger partial charge is 0.323 e. The molecule has 0 aromatic heterocycles. The van der Waals surface area contributed by atoms with Crippen molar-refractivity contribution in [3.05, 3.63) is 48.0 Å². The molecule has 2 aromatic rings. The van der Waals surface area contributed by atoms with E-state index in [9.17, 15) is 4.79 Å². The highest BCUT2D eigenvalue weighted by molar-refractivity contribution is 6.00. The molecule has 0 heterocycles. The number of nitrogens with one attached hydrogen (secondary N) is 2. The number of anilines is 2. The lowest BCUT2D eigenvalue weighted by Gasteiger charge is -2.11. The molecular formula is C16H18N2O3. The molecule has 0 unspecified atom stereocenters. The molecule has 0 aliphatic heterocycles. The Morgan fingerprint density at radius 1 is 0.857 bits per heavy atom. The van der Waals surface area contributed by atoms with Crippen LogP contribution >= 0.6 is 0 Å². The van der Waals surface area contributed by atoms with Gasteiger partial charge in [0.1, 0.15) is 11.5 Å². The molecule has 0 saturated carbocycles. The topological polar surface area (TPSA) is 59.6 Å². The van der Waals surface area contributed by atoms with Crippen molar-refractivity contribution in [1.82, 2.24) is 0 Å². The molecule has 2 N–H and O–H groups in total. The van der Waals surface area contributed by atoms with Crippen molar-refractivity contribution in [3.63, 3.8) is 0 Å². The van der Waals surface area contributed by atoms with Gasteiger partial charge in [0.2, 0.25) is 0 Å². The van der Waals surface area contributed by atoms with Gasteiger partial charge in [0, 0.05) is 29.6 Å². The van der Waals surface area contributed by atoms with Crippen molar-refractivity contribution in [1.29, 1.82) is 0 Å². The summed E-state index contributed by atoms with van der Waals surface area (Å²) < 4.78 is 10.3. The first-order valence-electron chi connectivity index (χ1n) is 6.48. The number of rotatable bonds is 4. The molecule has 0 aliphatic carbocycles. The van der Waals surface area contributed by atoms with Gasteiger partial charge in [-0.25, -0.2) is 4.79 Å². The van der Waals surface area contributed by atoms with Crippen molar-refractivity contribution >= 4 is 17.4 Å². The Kier molecular flexibility index (Phi) is 4.66. The average Bonchev–Trinajstić information content (AvgIpc) is 2.49. The Bertz CT molecular complexity index is 602. The van der Waals surface area contributed by atoms with E-state index in [0.717, 1.165) is 11.3 Å². The molecule has 0 aliphatic rings. The third-order valence-corrected chi connectivity index (χ3v) is 2.92. The van der Waals surface area contributed by atoms with E-state index >= 15 is 0 Å². The van der Waals surface area contributed by atoms with Gasteiger partial charge in [-0.2, -0.15) is 0 Å². The predicted octanol–water partition coefficient (Wildman–Crippen LogP) is 3.66. The zero-order valence-corrected chi connectivity index (χ0v) is 12.3. The molecule has 5 nitrogen and oxygen atoms in total. The van der Waals surface area contributed by atoms with Crippen molar-refractivity contribution in [3.8, 4) is 11.5 Å². The monoisotopic (exact) mass is 286 g/mol. The largest absolute Gasteiger partial charge is 0.497 e. The number of carbonyl (C=O) groups is 1. The normalized spacial score (nSPS) is 9.86. The molecule has 0 radical (unpaired) electrons. The maximum atomic E-state index is 12.0. The van der Waals surface area contributed by atoms with Gasteiger partial charge in [-0.1, -0.05) is 17.7 Å². The van der Waals surface area contributed by atoms with Crippen molar-refractivity contribution in [2.45, 2.75) is 6.92 Å². The summed E-state index contributed by atoms with van der Waals surface area (Å²) in [6, 6.07) is 12.4. The van der Waals surface area contributed by atoms with E-state index < -0.39 is 0 Å². The first kappa shape index (κ1) is 14.7. The van der Waals surface area contributed by atoms with Crippen LogP contribution in [0.2, 0.25) is 0 Å². The molecule has 0 atom stereocenters. The summed E-state index contributed by atoms with van der Waals surface area (Å²) in [6.45, 7) is 1.99. The third-order valence-electron chi connectivity index (χ3n) is 2.92. The Balaban J connectivity index is 2.06. The standard InChI is InChI=1S/C16H18N2O3/c1-11-4-6-12(7-5-11)17-16(19)18-13-8-14(20-2)10-15(9-13)21-3/h4-10H,1-3H3,(H2,17,18,19). The van der Waals surface area contributed by atoms with Gasteiger partial charge in [0.25, 0.3) is 0 Å². The summed E-state index contributed by atoms with van der Waals surface area (Å²) in [5, 5.41) is 5.51. The molecule has 2 rings (SSSR count). The number of methoxy groups -OCH3 is 2. The van der Waals surface area contributed by atoms with Gasteiger partial charge in [-0.15, -0.1) is 0 Å². The van der Waals surface area contributed by atoms with Gasteiger partial charge in [0.15, 0.2) is 0 Å². The van der Waals surface area contributed by atoms with Gasteiger partial charge in [-0.05, 0) is 19.1 Å². The summed E-state index contributed by atoms with van der Waals surface area (Å²) in [6.07, 6.45) is 0. The van der Waals surface area contributed by atoms with E-state index in [1.807, 2.05) is 31.2 Å². The molecule has 0 fully saturated rings. The minimum atomic E-state index is -0.325.